The van der Waals surface area contributed by atoms with E-state index in [0.717, 1.165) is 27.6 Å². The summed E-state index contributed by atoms with van der Waals surface area (Å²) >= 11 is 0. The lowest BCUT2D eigenvalue weighted by atomic mass is 10.0. The van der Waals surface area contributed by atoms with Crippen LogP contribution >= 0.6 is 0 Å². The zero-order valence-electron chi connectivity index (χ0n) is 18.0. The van der Waals surface area contributed by atoms with Gasteiger partial charge in [-0.3, -0.25) is 4.98 Å². The van der Waals surface area contributed by atoms with E-state index in [4.69, 9.17) is 14.2 Å². The lowest BCUT2D eigenvalue weighted by Crippen LogP contribution is -2.00. The summed E-state index contributed by atoms with van der Waals surface area (Å²) < 4.78 is 17.2. The molecule has 0 aliphatic rings. The smallest absolute Gasteiger partial charge is 0.203 e. The Morgan fingerprint density at radius 1 is 0.781 bits per heavy atom. The second-order valence-corrected chi connectivity index (χ2v) is 7.34. The van der Waals surface area contributed by atoms with E-state index in [1.807, 2.05) is 54.6 Å². The molecule has 1 heterocycles. The molecular formula is C26H25NO5. The number of hydrogen-bond acceptors (Lipinski definition) is 6. The number of rotatable bonds is 8. The van der Waals surface area contributed by atoms with Gasteiger partial charge in [-0.2, -0.15) is 0 Å². The molecule has 32 heavy (non-hydrogen) atoms. The molecule has 0 aliphatic carbocycles. The third-order valence-electron chi connectivity index (χ3n) is 5.36. The zero-order chi connectivity index (χ0) is 22.5. The topological polar surface area (TPSA) is 81.0 Å². The molecule has 6 nitrogen and oxygen atoms in total. The van der Waals surface area contributed by atoms with Gasteiger partial charge in [-0.25, -0.2) is 0 Å². The fourth-order valence-electron chi connectivity index (χ4n) is 3.66. The van der Waals surface area contributed by atoms with Crippen LogP contribution in [0.25, 0.3) is 22.0 Å². The van der Waals surface area contributed by atoms with Crippen LogP contribution in [0, 0.1) is 0 Å². The highest BCUT2D eigenvalue weighted by Gasteiger charge is 2.16. The summed E-state index contributed by atoms with van der Waals surface area (Å²) in [7, 11) is 3.17. The molecule has 6 heteroatoms. The SMILES string of the molecule is COc1cc(-c2cnc3cc(CO)c(CO)cc3c2)cc(OCc2ccccc2)c1OC. The monoisotopic (exact) mass is 431 g/mol. The maximum absolute atomic E-state index is 9.63. The van der Waals surface area contributed by atoms with Gasteiger partial charge in [0.25, 0.3) is 0 Å². The van der Waals surface area contributed by atoms with E-state index in [1.54, 1.807) is 26.5 Å². The Morgan fingerprint density at radius 2 is 1.50 bits per heavy atom. The third-order valence-corrected chi connectivity index (χ3v) is 5.36. The average molecular weight is 431 g/mol. The molecule has 0 bridgehead atoms. The van der Waals surface area contributed by atoms with Gasteiger partial charge in [0.05, 0.1) is 33.0 Å². The van der Waals surface area contributed by atoms with E-state index >= 15 is 0 Å². The fraction of sp³-hybridized carbons (Fsp3) is 0.192. The summed E-state index contributed by atoms with van der Waals surface area (Å²) in [5.41, 5.74) is 4.86. The quantitative estimate of drug-likeness (QED) is 0.428. The maximum Gasteiger partial charge on any atom is 0.203 e. The lowest BCUT2D eigenvalue weighted by Gasteiger charge is -2.16. The van der Waals surface area contributed by atoms with Crippen LogP contribution in [0.4, 0.5) is 0 Å². The first-order chi connectivity index (χ1) is 15.7. The molecule has 2 N–H and O–H groups in total. The van der Waals surface area contributed by atoms with Crippen LogP contribution in [0.2, 0.25) is 0 Å². The number of fused-ring (bicyclic) bond motifs is 1. The van der Waals surface area contributed by atoms with Crippen LogP contribution in [0.15, 0.2) is 66.9 Å². The number of aromatic nitrogens is 1. The van der Waals surface area contributed by atoms with Gasteiger partial charge in [0.2, 0.25) is 5.75 Å². The predicted molar refractivity (Wildman–Crippen MR) is 123 cm³/mol. The van der Waals surface area contributed by atoms with Crippen molar-refractivity contribution >= 4 is 10.9 Å². The Labute approximate surface area is 186 Å². The molecule has 3 aromatic carbocycles. The number of nitrogens with zero attached hydrogens (tertiary/aromatic N) is 1. The van der Waals surface area contributed by atoms with Crippen molar-refractivity contribution in [1.82, 2.24) is 4.98 Å². The summed E-state index contributed by atoms with van der Waals surface area (Å²) in [5, 5.41) is 20.0. The zero-order valence-corrected chi connectivity index (χ0v) is 18.0. The Bertz CT molecular complexity index is 1220. The van der Waals surface area contributed by atoms with E-state index in [9.17, 15) is 10.2 Å². The molecule has 0 fully saturated rings. The number of methoxy groups -OCH3 is 2. The number of aliphatic hydroxyl groups excluding tert-OH is 2. The molecule has 0 amide bonds. The summed E-state index contributed by atoms with van der Waals surface area (Å²) in [6.45, 7) is 0.0977. The lowest BCUT2D eigenvalue weighted by molar-refractivity contribution is 0.260. The molecule has 0 spiro atoms. The molecular weight excluding hydrogens is 406 g/mol. The van der Waals surface area contributed by atoms with Gasteiger partial charge >= 0.3 is 0 Å². The van der Waals surface area contributed by atoms with Crippen LogP contribution < -0.4 is 14.2 Å². The van der Waals surface area contributed by atoms with Gasteiger partial charge in [-0.15, -0.1) is 0 Å². The Morgan fingerprint density at radius 3 is 2.19 bits per heavy atom. The molecule has 4 rings (SSSR count). The first-order valence-corrected chi connectivity index (χ1v) is 10.2. The second kappa shape index (κ2) is 9.68. The minimum absolute atomic E-state index is 0.146. The van der Waals surface area contributed by atoms with Crippen molar-refractivity contribution in [3.05, 3.63) is 83.6 Å². The highest BCUT2D eigenvalue weighted by atomic mass is 16.5. The molecule has 1 aromatic heterocycles. The highest BCUT2D eigenvalue weighted by Crippen LogP contribution is 2.42. The average Bonchev–Trinajstić information content (AvgIpc) is 2.86. The Hall–Kier alpha value is -3.61. The van der Waals surface area contributed by atoms with E-state index in [2.05, 4.69) is 4.98 Å². The number of aliphatic hydroxyl groups is 2. The van der Waals surface area contributed by atoms with Crippen LogP contribution in [0.3, 0.4) is 0 Å². The third kappa shape index (κ3) is 4.37. The number of ether oxygens (including phenoxy) is 3. The Kier molecular flexibility index (Phi) is 6.54. The fourth-order valence-corrected chi connectivity index (χ4v) is 3.66. The molecule has 0 saturated heterocycles. The van der Waals surface area contributed by atoms with Crippen molar-refractivity contribution in [2.75, 3.05) is 14.2 Å². The molecule has 0 radical (unpaired) electrons. The van der Waals surface area contributed by atoms with Crippen molar-refractivity contribution in [3.63, 3.8) is 0 Å². The summed E-state index contributed by atoms with van der Waals surface area (Å²) in [4.78, 5) is 4.56. The van der Waals surface area contributed by atoms with Crippen molar-refractivity contribution in [2.45, 2.75) is 19.8 Å². The van der Waals surface area contributed by atoms with Crippen LogP contribution in [0.1, 0.15) is 16.7 Å². The van der Waals surface area contributed by atoms with Gasteiger partial charge < -0.3 is 24.4 Å². The van der Waals surface area contributed by atoms with E-state index in [0.29, 0.717) is 35.0 Å². The standard InChI is InChI=1S/C26H25NO5/c1-30-24-11-18(12-25(26(24)31-2)32-16-17-6-4-3-5-7-17)20-8-19-9-21(14-28)22(15-29)10-23(19)27-13-20/h3-13,28-29H,14-16H2,1-2H3. The molecule has 0 aliphatic heterocycles. The van der Waals surface area contributed by atoms with E-state index in [-0.39, 0.29) is 13.2 Å². The van der Waals surface area contributed by atoms with E-state index < -0.39 is 0 Å². The maximum atomic E-state index is 9.63. The molecule has 0 saturated carbocycles. The number of pyridine rings is 1. The van der Waals surface area contributed by atoms with Crippen LogP contribution in [0.5, 0.6) is 17.2 Å². The molecule has 0 atom stereocenters. The molecule has 4 aromatic rings. The van der Waals surface area contributed by atoms with Crippen molar-refractivity contribution < 1.29 is 24.4 Å². The van der Waals surface area contributed by atoms with E-state index in [1.165, 1.54) is 0 Å². The second-order valence-electron chi connectivity index (χ2n) is 7.34. The minimum atomic E-state index is -0.149. The largest absolute Gasteiger partial charge is 0.493 e. The van der Waals surface area contributed by atoms with Crippen LogP contribution in [-0.2, 0) is 19.8 Å². The van der Waals surface area contributed by atoms with Crippen molar-refractivity contribution in [3.8, 4) is 28.4 Å². The molecule has 0 unspecified atom stereocenters. The van der Waals surface area contributed by atoms with Gasteiger partial charge in [0, 0.05) is 17.1 Å². The first-order valence-electron chi connectivity index (χ1n) is 10.2. The van der Waals surface area contributed by atoms with Gasteiger partial charge in [-0.1, -0.05) is 30.3 Å². The number of hydrogen-bond donors (Lipinski definition) is 2. The predicted octanol–water partition coefficient (Wildman–Crippen LogP) is 4.48. The minimum Gasteiger partial charge on any atom is -0.493 e. The van der Waals surface area contributed by atoms with Crippen LogP contribution in [-0.4, -0.2) is 29.4 Å². The highest BCUT2D eigenvalue weighted by molar-refractivity contribution is 5.85. The van der Waals surface area contributed by atoms with Gasteiger partial charge in [0.15, 0.2) is 11.5 Å². The summed E-state index contributed by atoms with van der Waals surface area (Å²) in [6.07, 6.45) is 1.77. The van der Waals surface area contributed by atoms with Crippen molar-refractivity contribution in [2.24, 2.45) is 0 Å². The van der Waals surface area contributed by atoms with Gasteiger partial charge in [-0.05, 0) is 52.6 Å². The summed E-state index contributed by atoms with van der Waals surface area (Å²) in [6, 6.07) is 19.3. The normalized spacial score (nSPS) is 10.9. The number of benzene rings is 3. The first kappa shape index (κ1) is 21.6. The Balaban J connectivity index is 1.75. The van der Waals surface area contributed by atoms with Gasteiger partial charge in [0.1, 0.15) is 6.61 Å². The molecule has 164 valence electrons. The summed E-state index contributed by atoms with van der Waals surface area (Å²) in [5.74, 6) is 1.65. The van der Waals surface area contributed by atoms with Crippen molar-refractivity contribution in [1.29, 1.82) is 0 Å².